The highest BCUT2D eigenvalue weighted by Gasteiger charge is 2.30. The van der Waals surface area contributed by atoms with Gasteiger partial charge >= 0.3 is 0 Å². The SMILES string of the molecule is O=C1C2=C(CCN1Cc1ccccc1)C(c1ccccc1)=CCC2. The predicted octanol–water partition coefficient (Wildman–Crippen LogP) is 4.59. The van der Waals surface area contributed by atoms with Gasteiger partial charge in [-0.25, -0.2) is 0 Å². The first-order valence-corrected chi connectivity index (χ1v) is 8.64. The molecule has 24 heavy (non-hydrogen) atoms. The van der Waals surface area contributed by atoms with E-state index in [0.29, 0.717) is 6.54 Å². The smallest absolute Gasteiger partial charge is 0.250 e. The molecule has 0 fully saturated rings. The van der Waals surface area contributed by atoms with Gasteiger partial charge in [-0.3, -0.25) is 4.79 Å². The van der Waals surface area contributed by atoms with E-state index in [0.717, 1.165) is 31.4 Å². The van der Waals surface area contributed by atoms with E-state index < -0.39 is 0 Å². The number of allylic oxidation sites excluding steroid dienone is 2. The first-order valence-electron chi connectivity index (χ1n) is 8.64. The van der Waals surface area contributed by atoms with Gasteiger partial charge in [0, 0.05) is 18.7 Å². The van der Waals surface area contributed by atoms with Crippen molar-refractivity contribution in [1.82, 2.24) is 4.90 Å². The summed E-state index contributed by atoms with van der Waals surface area (Å²) in [6, 6.07) is 20.7. The Hall–Kier alpha value is -2.61. The summed E-state index contributed by atoms with van der Waals surface area (Å²) in [7, 11) is 0. The van der Waals surface area contributed by atoms with Crippen molar-refractivity contribution in [3.05, 3.63) is 89.0 Å². The third-order valence-electron chi connectivity index (χ3n) is 4.91. The molecule has 0 unspecified atom stereocenters. The Morgan fingerprint density at radius 2 is 1.54 bits per heavy atom. The number of rotatable bonds is 3. The van der Waals surface area contributed by atoms with Gasteiger partial charge in [-0.1, -0.05) is 66.7 Å². The van der Waals surface area contributed by atoms with Crippen molar-refractivity contribution in [3.8, 4) is 0 Å². The standard InChI is InChI=1S/C22H21NO/c24-22-21-13-7-12-19(18-10-5-2-6-11-18)20(21)14-15-23(22)16-17-8-3-1-4-9-17/h1-6,8-12H,7,13-16H2. The van der Waals surface area contributed by atoms with Crippen LogP contribution in [0.25, 0.3) is 5.57 Å². The molecular weight excluding hydrogens is 294 g/mol. The zero-order valence-corrected chi connectivity index (χ0v) is 13.7. The Morgan fingerprint density at radius 3 is 2.29 bits per heavy atom. The largest absolute Gasteiger partial charge is 0.334 e. The van der Waals surface area contributed by atoms with Gasteiger partial charge in [0.05, 0.1) is 0 Å². The molecule has 0 N–H and O–H groups in total. The third-order valence-corrected chi connectivity index (χ3v) is 4.91. The zero-order valence-electron chi connectivity index (χ0n) is 13.7. The normalized spacial score (nSPS) is 17.6. The van der Waals surface area contributed by atoms with Crippen LogP contribution in [0.3, 0.4) is 0 Å². The molecule has 0 atom stereocenters. The summed E-state index contributed by atoms with van der Waals surface area (Å²) in [5.74, 6) is 0.224. The summed E-state index contributed by atoms with van der Waals surface area (Å²) in [5, 5.41) is 0. The van der Waals surface area contributed by atoms with Gasteiger partial charge in [-0.05, 0) is 41.5 Å². The summed E-state index contributed by atoms with van der Waals surface area (Å²) in [6.45, 7) is 1.51. The van der Waals surface area contributed by atoms with Gasteiger partial charge < -0.3 is 4.90 Å². The van der Waals surface area contributed by atoms with Gasteiger partial charge in [0.25, 0.3) is 0 Å². The lowest BCUT2D eigenvalue weighted by Gasteiger charge is -2.33. The van der Waals surface area contributed by atoms with Crippen LogP contribution in [-0.4, -0.2) is 17.4 Å². The number of nitrogens with zero attached hydrogens (tertiary/aromatic N) is 1. The highest BCUT2D eigenvalue weighted by Crippen LogP contribution is 2.38. The van der Waals surface area contributed by atoms with Crippen LogP contribution >= 0.6 is 0 Å². The van der Waals surface area contributed by atoms with Crippen LogP contribution in [0.5, 0.6) is 0 Å². The lowest BCUT2D eigenvalue weighted by molar-refractivity contribution is -0.128. The van der Waals surface area contributed by atoms with Gasteiger partial charge in [-0.15, -0.1) is 0 Å². The number of carbonyl (C=O) groups excluding carboxylic acids is 1. The van der Waals surface area contributed by atoms with Gasteiger partial charge in [0.1, 0.15) is 0 Å². The number of carbonyl (C=O) groups is 1. The molecule has 0 spiro atoms. The zero-order chi connectivity index (χ0) is 16.4. The van der Waals surface area contributed by atoms with Crippen molar-refractivity contribution >= 4 is 11.5 Å². The molecule has 2 aromatic rings. The van der Waals surface area contributed by atoms with Gasteiger partial charge in [0.15, 0.2) is 0 Å². The fourth-order valence-corrected chi connectivity index (χ4v) is 3.72. The predicted molar refractivity (Wildman–Crippen MR) is 97.2 cm³/mol. The lowest BCUT2D eigenvalue weighted by Crippen LogP contribution is -2.37. The fraction of sp³-hybridized carbons (Fsp3) is 0.227. The molecule has 0 saturated heterocycles. The molecule has 0 saturated carbocycles. The first kappa shape index (κ1) is 14.9. The molecule has 1 aliphatic carbocycles. The van der Waals surface area contributed by atoms with E-state index in [1.54, 1.807) is 0 Å². The van der Waals surface area contributed by atoms with Crippen molar-refractivity contribution in [2.24, 2.45) is 0 Å². The highest BCUT2D eigenvalue weighted by atomic mass is 16.2. The van der Waals surface area contributed by atoms with E-state index in [1.165, 1.54) is 22.3 Å². The Labute approximate surface area is 143 Å². The molecule has 2 aliphatic rings. The first-order chi connectivity index (χ1) is 11.8. The van der Waals surface area contributed by atoms with Gasteiger partial charge in [-0.2, -0.15) is 0 Å². The number of hydrogen-bond donors (Lipinski definition) is 0. The molecular formula is C22H21NO. The molecule has 0 aromatic heterocycles. The summed E-state index contributed by atoms with van der Waals surface area (Å²) >= 11 is 0. The molecule has 1 heterocycles. The monoisotopic (exact) mass is 315 g/mol. The topological polar surface area (TPSA) is 20.3 Å². The Morgan fingerprint density at radius 1 is 0.833 bits per heavy atom. The molecule has 4 rings (SSSR count). The van der Waals surface area contributed by atoms with Crippen molar-refractivity contribution in [1.29, 1.82) is 0 Å². The Balaban J connectivity index is 1.61. The second kappa shape index (κ2) is 6.48. The van der Waals surface area contributed by atoms with Gasteiger partial charge in [0.2, 0.25) is 5.91 Å². The van der Waals surface area contributed by atoms with E-state index in [2.05, 4.69) is 42.5 Å². The molecule has 0 radical (unpaired) electrons. The molecule has 2 nitrogen and oxygen atoms in total. The minimum atomic E-state index is 0.224. The molecule has 2 aromatic carbocycles. The summed E-state index contributed by atoms with van der Waals surface area (Å²) in [6.07, 6.45) is 5.08. The van der Waals surface area contributed by atoms with E-state index in [4.69, 9.17) is 0 Å². The minimum absolute atomic E-state index is 0.224. The van der Waals surface area contributed by atoms with E-state index in [9.17, 15) is 4.79 Å². The van der Waals surface area contributed by atoms with Crippen LogP contribution in [0.1, 0.15) is 30.4 Å². The highest BCUT2D eigenvalue weighted by molar-refractivity contribution is 6.00. The average molecular weight is 315 g/mol. The number of amides is 1. The van der Waals surface area contributed by atoms with E-state index >= 15 is 0 Å². The molecule has 1 amide bonds. The number of benzene rings is 2. The molecule has 0 bridgehead atoms. The average Bonchev–Trinajstić information content (AvgIpc) is 2.65. The van der Waals surface area contributed by atoms with Crippen LogP contribution < -0.4 is 0 Å². The van der Waals surface area contributed by atoms with E-state index in [-0.39, 0.29) is 5.91 Å². The van der Waals surface area contributed by atoms with E-state index in [1.807, 2.05) is 29.2 Å². The van der Waals surface area contributed by atoms with Crippen LogP contribution in [-0.2, 0) is 11.3 Å². The Kier molecular flexibility index (Phi) is 4.04. The Bertz CT molecular complexity index is 802. The minimum Gasteiger partial charge on any atom is -0.334 e. The second-order valence-corrected chi connectivity index (χ2v) is 6.44. The maximum atomic E-state index is 13.0. The third kappa shape index (κ3) is 2.80. The maximum absolute atomic E-state index is 13.0. The molecule has 2 heteroatoms. The van der Waals surface area contributed by atoms with Crippen LogP contribution in [0, 0.1) is 0 Å². The summed E-state index contributed by atoms with van der Waals surface area (Å²) in [5.41, 5.74) is 5.99. The van der Waals surface area contributed by atoms with Crippen molar-refractivity contribution in [2.75, 3.05) is 6.54 Å². The van der Waals surface area contributed by atoms with Crippen LogP contribution in [0.2, 0.25) is 0 Å². The van der Waals surface area contributed by atoms with Crippen molar-refractivity contribution in [3.63, 3.8) is 0 Å². The number of hydrogen-bond acceptors (Lipinski definition) is 1. The lowest BCUT2D eigenvalue weighted by atomic mass is 9.82. The maximum Gasteiger partial charge on any atom is 0.250 e. The summed E-state index contributed by atoms with van der Waals surface area (Å²) in [4.78, 5) is 15.0. The van der Waals surface area contributed by atoms with Crippen LogP contribution in [0.15, 0.2) is 77.9 Å². The summed E-state index contributed by atoms with van der Waals surface area (Å²) < 4.78 is 0. The van der Waals surface area contributed by atoms with Crippen LogP contribution in [0.4, 0.5) is 0 Å². The quantitative estimate of drug-likeness (QED) is 0.811. The fourth-order valence-electron chi connectivity index (χ4n) is 3.72. The molecule has 120 valence electrons. The second-order valence-electron chi connectivity index (χ2n) is 6.44. The van der Waals surface area contributed by atoms with Crippen molar-refractivity contribution in [2.45, 2.75) is 25.8 Å². The molecule has 1 aliphatic heterocycles. The van der Waals surface area contributed by atoms with Crippen molar-refractivity contribution < 1.29 is 4.79 Å².